The van der Waals surface area contributed by atoms with Crippen LogP contribution in [0.25, 0.3) is 0 Å². The molecule has 2 saturated heterocycles. The van der Waals surface area contributed by atoms with Gasteiger partial charge < -0.3 is 4.90 Å². The topological polar surface area (TPSA) is 3.24 Å². The second-order valence-corrected chi connectivity index (χ2v) is 5.06. The van der Waals surface area contributed by atoms with E-state index < -0.39 is 0 Å². The lowest BCUT2D eigenvalue weighted by atomic mass is 9.77. The first-order valence-electron chi connectivity index (χ1n) is 5.98. The van der Waals surface area contributed by atoms with Crippen LogP contribution in [-0.2, 0) is 0 Å². The number of hydrogen-bond acceptors (Lipinski definition) is 1. The molecule has 0 aromatic carbocycles. The van der Waals surface area contributed by atoms with E-state index in [0.717, 1.165) is 23.8 Å². The first-order chi connectivity index (χ1) is 6.24. The van der Waals surface area contributed by atoms with Crippen LogP contribution in [0.4, 0.5) is 0 Å². The minimum Gasteiger partial charge on any atom is -0.300 e. The molecule has 3 aliphatic rings. The molecule has 3 rings (SSSR count). The lowest BCUT2D eigenvalue weighted by Gasteiger charge is -2.44. The van der Waals surface area contributed by atoms with Crippen molar-refractivity contribution in [3.63, 3.8) is 0 Å². The number of hydrogen-bond donors (Lipinski definition) is 0. The zero-order valence-electron chi connectivity index (χ0n) is 9.29. The Bertz CT molecular complexity index is 174. The molecular weight excluding hydrogens is 158 g/mol. The third kappa shape index (κ3) is 1.52. The summed E-state index contributed by atoms with van der Waals surface area (Å²) in [6.07, 6.45) is 4.41. The maximum atomic E-state index is 2.72. The quantitative estimate of drug-likeness (QED) is 0.601. The van der Waals surface area contributed by atoms with E-state index in [4.69, 9.17) is 0 Å². The SMILES string of the molecule is CCN1CC2CCCC1C(C)C2C. The van der Waals surface area contributed by atoms with Gasteiger partial charge in [0.2, 0.25) is 0 Å². The molecule has 2 heterocycles. The highest BCUT2D eigenvalue weighted by Crippen LogP contribution is 2.40. The van der Waals surface area contributed by atoms with E-state index in [9.17, 15) is 0 Å². The van der Waals surface area contributed by atoms with Gasteiger partial charge in [-0.2, -0.15) is 0 Å². The molecule has 2 bridgehead atoms. The van der Waals surface area contributed by atoms with Gasteiger partial charge in [0.15, 0.2) is 0 Å². The Labute approximate surface area is 82.5 Å². The Balaban J connectivity index is 2.18. The van der Waals surface area contributed by atoms with E-state index in [2.05, 4.69) is 25.7 Å². The molecular formula is C12H23N. The number of piperidine rings is 1. The second-order valence-electron chi connectivity index (χ2n) is 5.06. The summed E-state index contributed by atoms with van der Waals surface area (Å²) in [5, 5.41) is 0. The lowest BCUT2D eigenvalue weighted by molar-refractivity contribution is 0.0390. The van der Waals surface area contributed by atoms with Gasteiger partial charge in [0.1, 0.15) is 0 Å². The van der Waals surface area contributed by atoms with E-state index in [1.807, 2.05) is 0 Å². The molecule has 0 spiro atoms. The smallest absolute Gasteiger partial charge is 0.0123 e. The molecule has 0 N–H and O–H groups in total. The highest BCUT2D eigenvalue weighted by Gasteiger charge is 2.39. The third-order valence-electron chi connectivity index (χ3n) is 4.60. The third-order valence-corrected chi connectivity index (χ3v) is 4.60. The summed E-state index contributed by atoms with van der Waals surface area (Å²) in [6, 6.07) is 0.902. The molecule has 76 valence electrons. The van der Waals surface area contributed by atoms with Crippen LogP contribution in [0, 0.1) is 17.8 Å². The van der Waals surface area contributed by atoms with Gasteiger partial charge in [0, 0.05) is 12.6 Å². The molecule has 3 fully saturated rings. The summed E-state index contributed by atoms with van der Waals surface area (Å²) in [7, 11) is 0. The molecule has 1 aliphatic carbocycles. The highest BCUT2D eigenvalue weighted by atomic mass is 15.2. The predicted molar refractivity (Wildman–Crippen MR) is 56.7 cm³/mol. The van der Waals surface area contributed by atoms with E-state index in [1.54, 1.807) is 0 Å². The average Bonchev–Trinajstić information content (AvgIpc) is 2.42. The Hall–Kier alpha value is -0.0400. The predicted octanol–water partition coefficient (Wildman–Crippen LogP) is 2.76. The van der Waals surface area contributed by atoms with Gasteiger partial charge in [0.05, 0.1) is 0 Å². The van der Waals surface area contributed by atoms with Crippen molar-refractivity contribution in [2.24, 2.45) is 17.8 Å². The summed E-state index contributed by atoms with van der Waals surface area (Å²) < 4.78 is 0. The molecule has 4 atom stereocenters. The van der Waals surface area contributed by atoms with Gasteiger partial charge >= 0.3 is 0 Å². The van der Waals surface area contributed by atoms with Crippen LogP contribution in [0.15, 0.2) is 0 Å². The van der Waals surface area contributed by atoms with Crippen molar-refractivity contribution in [3.8, 4) is 0 Å². The van der Waals surface area contributed by atoms with E-state index in [0.29, 0.717) is 0 Å². The van der Waals surface area contributed by atoms with Crippen LogP contribution in [-0.4, -0.2) is 24.0 Å². The van der Waals surface area contributed by atoms with Crippen molar-refractivity contribution in [1.29, 1.82) is 0 Å². The van der Waals surface area contributed by atoms with Crippen molar-refractivity contribution in [1.82, 2.24) is 4.90 Å². The van der Waals surface area contributed by atoms with Crippen LogP contribution in [0.5, 0.6) is 0 Å². The molecule has 0 aromatic rings. The fourth-order valence-corrected chi connectivity index (χ4v) is 3.47. The van der Waals surface area contributed by atoms with Crippen LogP contribution in [0.3, 0.4) is 0 Å². The Morgan fingerprint density at radius 2 is 1.92 bits per heavy atom. The monoisotopic (exact) mass is 181 g/mol. The summed E-state index contributed by atoms with van der Waals surface area (Å²) >= 11 is 0. The minimum atomic E-state index is 0.902. The second kappa shape index (κ2) is 3.61. The molecule has 4 unspecified atom stereocenters. The van der Waals surface area contributed by atoms with Crippen LogP contribution < -0.4 is 0 Å². The van der Waals surface area contributed by atoms with Gasteiger partial charge in [0.25, 0.3) is 0 Å². The Morgan fingerprint density at radius 3 is 2.62 bits per heavy atom. The summed E-state index contributed by atoms with van der Waals surface area (Å²) in [5.41, 5.74) is 0. The Morgan fingerprint density at radius 1 is 1.15 bits per heavy atom. The first kappa shape index (κ1) is 9.51. The van der Waals surface area contributed by atoms with Crippen molar-refractivity contribution in [2.45, 2.75) is 46.1 Å². The van der Waals surface area contributed by atoms with Gasteiger partial charge in [-0.3, -0.25) is 0 Å². The van der Waals surface area contributed by atoms with Gasteiger partial charge in [-0.25, -0.2) is 0 Å². The molecule has 1 heteroatoms. The molecule has 1 nitrogen and oxygen atoms in total. The molecule has 0 amide bonds. The van der Waals surface area contributed by atoms with Crippen LogP contribution >= 0.6 is 0 Å². The van der Waals surface area contributed by atoms with Crippen LogP contribution in [0.1, 0.15) is 40.0 Å². The lowest BCUT2D eigenvalue weighted by Crippen LogP contribution is -2.49. The summed E-state index contributed by atoms with van der Waals surface area (Å²) in [4.78, 5) is 2.72. The average molecular weight is 181 g/mol. The van der Waals surface area contributed by atoms with E-state index >= 15 is 0 Å². The van der Waals surface area contributed by atoms with Crippen LogP contribution in [0.2, 0.25) is 0 Å². The van der Waals surface area contributed by atoms with Crippen molar-refractivity contribution < 1.29 is 0 Å². The normalized spacial score (nSPS) is 46.4. The van der Waals surface area contributed by atoms with E-state index in [1.165, 1.54) is 32.4 Å². The number of nitrogens with zero attached hydrogens (tertiary/aromatic N) is 1. The fraction of sp³-hybridized carbons (Fsp3) is 1.00. The fourth-order valence-electron chi connectivity index (χ4n) is 3.47. The minimum absolute atomic E-state index is 0.902. The maximum absolute atomic E-state index is 2.72. The van der Waals surface area contributed by atoms with Gasteiger partial charge in [-0.15, -0.1) is 0 Å². The zero-order valence-corrected chi connectivity index (χ0v) is 9.29. The van der Waals surface area contributed by atoms with E-state index in [-0.39, 0.29) is 0 Å². The van der Waals surface area contributed by atoms with Crippen molar-refractivity contribution in [3.05, 3.63) is 0 Å². The molecule has 0 aromatic heterocycles. The summed E-state index contributed by atoms with van der Waals surface area (Å²) in [6.45, 7) is 9.90. The van der Waals surface area contributed by atoms with Crippen molar-refractivity contribution >= 4 is 0 Å². The number of rotatable bonds is 1. The first-order valence-corrected chi connectivity index (χ1v) is 5.98. The molecule has 1 saturated carbocycles. The van der Waals surface area contributed by atoms with Gasteiger partial charge in [-0.05, 0) is 37.1 Å². The largest absolute Gasteiger partial charge is 0.300 e. The van der Waals surface area contributed by atoms with Gasteiger partial charge in [-0.1, -0.05) is 27.2 Å². The standard InChI is InChI=1S/C12H23N/c1-4-13-8-11-6-5-7-12(13)10(3)9(11)2/h9-12H,4-8H2,1-3H3. The summed E-state index contributed by atoms with van der Waals surface area (Å²) in [5.74, 6) is 2.89. The van der Waals surface area contributed by atoms with Crippen molar-refractivity contribution in [2.75, 3.05) is 13.1 Å². The number of fused-ring (bicyclic) bond motifs is 4. The zero-order chi connectivity index (χ0) is 9.42. The Kier molecular flexibility index (Phi) is 2.64. The molecule has 0 radical (unpaired) electrons. The molecule has 13 heavy (non-hydrogen) atoms. The molecule has 2 aliphatic heterocycles. The maximum Gasteiger partial charge on any atom is 0.0123 e. The highest BCUT2D eigenvalue weighted by molar-refractivity contribution is 4.92.